The summed E-state index contributed by atoms with van der Waals surface area (Å²) >= 11 is 1.55. The van der Waals surface area contributed by atoms with Crippen molar-refractivity contribution in [2.45, 2.75) is 45.1 Å². The summed E-state index contributed by atoms with van der Waals surface area (Å²) in [6, 6.07) is 0. The highest BCUT2D eigenvalue weighted by molar-refractivity contribution is 7.15. The third-order valence-corrected chi connectivity index (χ3v) is 3.33. The minimum Gasteiger partial charge on any atom is -0.351 e. The van der Waals surface area contributed by atoms with Crippen molar-refractivity contribution in [3.05, 3.63) is 5.01 Å². The molecule has 0 atom stereocenters. The number of nitrogens with zero attached hydrogens (tertiary/aromatic N) is 2. The lowest BCUT2D eigenvalue weighted by molar-refractivity contribution is -0.120. The molecule has 0 saturated heterocycles. The van der Waals surface area contributed by atoms with Crippen LogP contribution in [0.2, 0.25) is 0 Å². The molecule has 0 spiro atoms. The average molecular weight is 254 g/mol. The highest BCUT2D eigenvalue weighted by Gasteiger charge is 2.27. The standard InChI is InChI=1S/C11H18N4OS/c1-11(2,3)13-8(16)6-12-10-15-14-9(17-10)7-4-5-7/h7H,4-6H2,1-3H3,(H,12,15)(H,13,16). The Hall–Kier alpha value is -1.17. The van der Waals surface area contributed by atoms with E-state index in [0.29, 0.717) is 5.92 Å². The molecule has 1 saturated carbocycles. The van der Waals surface area contributed by atoms with Gasteiger partial charge in [0.15, 0.2) is 0 Å². The van der Waals surface area contributed by atoms with Gasteiger partial charge >= 0.3 is 0 Å². The van der Waals surface area contributed by atoms with Crippen LogP contribution in [0.4, 0.5) is 5.13 Å². The van der Waals surface area contributed by atoms with Crippen LogP contribution in [-0.4, -0.2) is 28.2 Å². The third kappa shape index (κ3) is 3.96. The van der Waals surface area contributed by atoms with Gasteiger partial charge in [0, 0.05) is 11.5 Å². The molecular weight excluding hydrogens is 236 g/mol. The van der Waals surface area contributed by atoms with Gasteiger partial charge in [0.05, 0.1) is 6.54 Å². The van der Waals surface area contributed by atoms with E-state index in [1.807, 2.05) is 20.8 Å². The lowest BCUT2D eigenvalue weighted by Crippen LogP contribution is -2.43. The topological polar surface area (TPSA) is 66.9 Å². The van der Waals surface area contributed by atoms with E-state index in [9.17, 15) is 4.79 Å². The number of amides is 1. The predicted octanol–water partition coefficient (Wildman–Crippen LogP) is 1.74. The van der Waals surface area contributed by atoms with Gasteiger partial charge in [-0.2, -0.15) is 0 Å². The predicted molar refractivity (Wildman–Crippen MR) is 68.3 cm³/mol. The molecule has 1 fully saturated rings. The van der Waals surface area contributed by atoms with Crippen LogP contribution in [-0.2, 0) is 4.79 Å². The SMILES string of the molecule is CC(C)(C)NC(=O)CNc1nnc(C2CC2)s1. The van der Waals surface area contributed by atoms with Gasteiger partial charge in [-0.1, -0.05) is 11.3 Å². The molecule has 5 nitrogen and oxygen atoms in total. The van der Waals surface area contributed by atoms with E-state index in [-0.39, 0.29) is 18.0 Å². The van der Waals surface area contributed by atoms with Crippen molar-refractivity contribution in [3.8, 4) is 0 Å². The van der Waals surface area contributed by atoms with Crippen LogP contribution >= 0.6 is 11.3 Å². The lowest BCUT2D eigenvalue weighted by Gasteiger charge is -2.20. The molecule has 17 heavy (non-hydrogen) atoms. The smallest absolute Gasteiger partial charge is 0.239 e. The van der Waals surface area contributed by atoms with Crippen molar-refractivity contribution >= 4 is 22.4 Å². The molecule has 0 radical (unpaired) electrons. The highest BCUT2D eigenvalue weighted by Crippen LogP contribution is 2.41. The molecule has 0 bridgehead atoms. The van der Waals surface area contributed by atoms with Gasteiger partial charge in [0.2, 0.25) is 11.0 Å². The summed E-state index contributed by atoms with van der Waals surface area (Å²) in [5.41, 5.74) is -0.195. The zero-order valence-corrected chi connectivity index (χ0v) is 11.2. The van der Waals surface area contributed by atoms with Crippen molar-refractivity contribution in [3.63, 3.8) is 0 Å². The second kappa shape index (κ2) is 4.60. The Kier molecular flexibility index (Phi) is 3.33. The van der Waals surface area contributed by atoms with Crippen molar-refractivity contribution in [2.24, 2.45) is 0 Å². The zero-order valence-electron chi connectivity index (χ0n) is 10.4. The zero-order chi connectivity index (χ0) is 12.5. The Balaban J connectivity index is 1.78. The van der Waals surface area contributed by atoms with Crippen LogP contribution < -0.4 is 10.6 Å². The molecule has 1 aliphatic carbocycles. The molecule has 0 unspecified atom stereocenters. The average Bonchev–Trinajstić information content (AvgIpc) is 2.93. The Morgan fingerprint density at radius 2 is 2.12 bits per heavy atom. The van der Waals surface area contributed by atoms with Gasteiger partial charge in [-0.05, 0) is 33.6 Å². The van der Waals surface area contributed by atoms with Crippen LogP contribution in [0.3, 0.4) is 0 Å². The monoisotopic (exact) mass is 254 g/mol. The van der Waals surface area contributed by atoms with Crippen molar-refractivity contribution in [1.29, 1.82) is 0 Å². The van der Waals surface area contributed by atoms with Gasteiger partial charge in [-0.15, -0.1) is 10.2 Å². The van der Waals surface area contributed by atoms with Gasteiger partial charge in [0.25, 0.3) is 0 Å². The lowest BCUT2D eigenvalue weighted by atomic mass is 10.1. The largest absolute Gasteiger partial charge is 0.351 e. The first-order valence-corrected chi connectivity index (χ1v) is 6.64. The number of aromatic nitrogens is 2. The maximum absolute atomic E-state index is 11.6. The van der Waals surface area contributed by atoms with E-state index >= 15 is 0 Å². The first-order valence-electron chi connectivity index (χ1n) is 5.82. The van der Waals surface area contributed by atoms with E-state index in [1.165, 1.54) is 12.8 Å². The second-order valence-electron chi connectivity index (χ2n) is 5.37. The van der Waals surface area contributed by atoms with Gasteiger partial charge in [0.1, 0.15) is 5.01 Å². The fourth-order valence-electron chi connectivity index (χ4n) is 1.42. The minimum atomic E-state index is -0.195. The number of carbonyl (C=O) groups excluding carboxylic acids is 1. The van der Waals surface area contributed by atoms with Gasteiger partial charge in [-0.25, -0.2) is 0 Å². The van der Waals surface area contributed by atoms with E-state index in [4.69, 9.17) is 0 Å². The molecule has 0 aromatic carbocycles. The van der Waals surface area contributed by atoms with Crippen molar-refractivity contribution in [2.75, 3.05) is 11.9 Å². The van der Waals surface area contributed by atoms with E-state index in [0.717, 1.165) is 10.1 Å². The molecular formula is C11H18N4OS. The van der Waals surface area contributed by atoms with Crippen LogP contribution in [0.25, 0.3) is 0 Å². The molecule has 2 N–H and O–H groups in total. The van der Waals surface area contributed by atoms with E-state index < -0.39 is 0 Å². The normalized spacial score (nSPS) is 15.7. The summed E-state index contributed by atoms with van der Waals surface area (Å²) in [5.74, 6) is 0.590. The van der Waals surface area contributed by atoms with Crippen molar-refractivity contribution < 1.29 is 4.79 Å². The van der Waals surface area contributed by atoms with Crippen LogP contribution in [0, 0.1) is 0 Å². The Labute approximate surface area is 105 Å². The van der Waals surface area contributed by atoms with E-state index in [1.54, 1.807) is 11.3 Å². The van der Waals surface area contributed by atoms with Crippen LogP contribution in [0.5, 0.6) is 0 Å². The summed E-state index contributed by atoms with van der Waals surface area (Å²) in [7, 11) is 0. The quantitative estimate of drug-likeness (QED) is 0.859. The van der Waals surface area contributed by atoms with E-state index in [2.05, 4.69) is 20.8 Å². The molecule has 1 heterocycles. The molecule has 1 amide bonds. The highest BCUT2D eigenvalue weighted by atomic mass is 32.1. The Bertz CT molecular complexity index is 406. The summed E-state index contributed by atoms with van der Waals surface area (Å²) in [6.07, 6.45) is 2.44. The van der Waals surface area contributed by atoms with Crippen molar-refractivity contribution in [1.82, 2.24) is 15.5 Å². The maximum atomic E-state index is 11.6. The number of hydrogen-bond acceptors (Lipinski definition) is 5. The minimum absolute atomic E-state index is 0.0272. The second-order valence-corrected chi connectivity index (χ2v) is 6.38. The Morgan fingerprint density at radius 1 is 1.41 bits per heavy atom. The number of nitrogens with one attached hydrogen (secondary N) is 2. The van der Waals surface area contributed by atoms with Crippen LogP contribution in [0.1, 0.15) is 44.5 Å². The first-order chi connectivity index (χ1) is 7.94. The summed E-state index contributed by atoms with van der Waals surface area (Å²) in [5, 5.41) is 15.8. The number of anilines is 1. The van der Waals surface area contributed by atoms with Gasteiger partial charge in [-0.3, -0.25) is 4.79 Å². The molecule has 6 heteroatoms. The molecule has 0 aliphatic heterocycles. The molecule has 1 aromatic heterocycles. The first kappa shape index (κ1) is 12.3. The summed E-state index contributed by atoms with van der Waals surface area (Å²) < 4.78 is 0. The Morgan fingerprint density at radius 3 is 2.71 bits per heavy atom. The number of rotatable bonds is 4. The number of carbonyl (C=O) groups is 1. The molecule has 94 valence electrons. The molecule has 1 aromatic rings. The molecule has 1 aliphatic rings. The van der Waals surface area contributed by atoms with Gasteiger partial charge < -0.3 is 10.6 Å². The third-order valence-electron chi connectivity index (χ3n) is 2.28. The summed E-state index contributed by atoms with van der Waals surface area (Å²) in [4.78, 5) is 11.6. The maximum Gasteiger partial charge on any atom is 0.239 e. The fraction of sp³-hybridized carbons (Fsp3) is 0.727. The van der Waals surface area contributed by atoms with Crippen LogP contribution in [0.15, 0.2) is 0 Å². The fourth-order valence-corrected chi connectivity index (χ4v) is 2.33. The number of hydrogen-bond donors (Lipinski definition) is 2. The summed E-state index contributed by atoms with van der Waals surface area (Å²) in [6.45, 7) is 6.12. The molecule has 2 rings (SSSR count).